The fourth-order valence-electron chi connectivity index (χ4n) is 3.18. The number of benzene rings is 3. The van der Waals surface area contributed by atoms with E-state index in [0.29, 0.717) is 11.5 Å². The van der Waals surface area contributed by atoms with E-state index in [0.717, 1.165) is 16.7 Å². The first-order valence-corrected chi connectivity index (χ1v) is 9.58. The van der Waals surface area contributed by atoms with Crippen LogP contribution in [-0.2, 0) is 11.2 Å². The van der Waals surface area contributed by atoms with Crippen LogP contribution >= 0.6 is 0 Å². The molecule has 6 heteroatoms. The first-order chi connectivity index (χ1) is 14.6. The van der Waals surface area contributed by atoms with Gasteiger partial charge in [-0.1, -0.05) is 54.6 Å². The van der Waals surface area contributed by atoms with Crippen molar-refractivity contribution in [2.45, 2.75) is 19.4 Å². The molecule has 4 rings (SSSR count). The zero-order valence-electron chi connectivity index (χ0n) is 16.4. The number of carbonyl (C=O) groups is 1. The molecule has 0 saturated heterocycles. The third kappa shape index (κ3) is 4.43. The van der Waals surface area contributed by atoms with Crippen LogP contribution in [0.25, 0.3) is 11.5 Å². The zero-order valence-corrected chi connectivity index (χ0v) is 16.4. The second kappa shape index (κ2) is 8.69. The number of rotatable bonds is 6. The smallest absolute Gasteiger partial charge is 0.247 e. The number of hydrogen-bond acceptors (Lipinski definition) is 4. The normalized spacial score (nSPS) is 11.8. The van der Waals surface area contributed by atoms with Gasteiger partial charge in [0.05, 0.1) is 6.42 Å². The zero-order chi connectivity index (χ0) is 20.9. The molecule has 1 unspecified atom stereocenters. The molecule has 5 nitrogen and oxygen atoms in total. The number of carbonyl (C=O) groups excluding carboxylic acids is 1. The Hall–Kier alpha value is -3.80. The van der Waals surface area contributed by atoms with Gasteiger partial charge < -0.3 is 9.73 Å². The molecule has 1 amide bonds. The number of nitrogens with zero attached hydrogens (tertiary/aromatic N) is 2. The summed E-state index contributed by atoms with van der Waals surface area (Å²) in [6, 6.07) is 22.3. The van der Waals surface area contributed by atoms with Gasteiger partial charge in [0.15, 0.2) is 0 Å². The van der Waals surface area contributed by atoms with E-state index < -0.39 is 6.04 Å². The monoisotopic (exact) mass is 401 g/mol. The summed E-state index contributed by atoms with van der Waals surface area (Å²) in [5.74, 6) is 0.0294. The average Bonchev–Trinajstić information content (AvgIpc) is 3.25. The van der Waals surface area contributed by atoms with Crippen molar-refractivity contribution in [3.8, 4) is 11.5 Å². The highest BCUT2D eigenvalue weighted by molar-refractivity contribution is 5.79. The van der Waals surface area contributed by atoms with Gasteiger partial charge in [-0.25, -0.2) is 4.39 Å². The van der Waals surface area contributed by atoms with Gasteiger partial charge in [-0.05, 0) is 47.9 Å². The lowest BCUT2D eigenvalue weighted by Gasteiger charge is -2.16. The van der Waals surface area contributed by atoms with Gasteiger partial charge in [0.2, 0.25) is 17.7 Å². The molecule has 0 spiro atoms. The summed E-state index contributed by atoms with van der Waals surface area (Å²) in [5.41, 5.74) is 3.40. The number of nitrogens with one attached hydrogen (secondary N) is 1. The number of hydrogen-bond donors (Lipinski definition) is 1. The molecule has 3 aromatic carbocycles. The topological polar surface area (TPSA) is 68.0 Å². The summed E-state index contributed by atoms with van der Waals surface area (Å²) in [6.07, 6.45) is 0.212. The minimum absolute atomic E-state index is 0.196. The molecule has 0 fully saturated rings. The van der Waals surface area contributed by atoms with Crippen molar-refractivity contribution in [1.82, 2.24) is 15.5 Å². The molecule has 150 valence electrons. The predicted octanol–water partition coefficient (Wildman–Crippen LogP) is 4.63. The number of aryl methyl sites for hydroxylation is 1. The number of aromatic nitrogens is 2. The van der Waals surface area contributed by atoms with Gasteiger partial charge in [-0.2, -0.15) is 0 Å². The Labute approximate surface area is 173 Å². The van der Waals surface area contributed by atoms with E-state index in [1.165, 1.54) is 12.1 Å². The van der Waals surface area contributed by atoms with Crippen molar-refractivity contribution in [2.75, 3.05) is 0 Å². The van der Waals surface area contributed by atoms with E-state index in [1.54, 1.807) is 12.1 Å². The quantitative estimate of drug-likeness (QED) is 0.511. The van der Waals surface area contributed by atoms with E-state index >= 15 is 0 Å². The molecule has 1 aromatic heterocycles. The standard InChI is InChI=1S/C24H20FN3O2/c1-16-7-5-6-10-19(16)15-21(29)26-22(17-11-13-20(25)14-12-17)24-28-27-23(30-24)18-8-3-2-4-9-18/h2-14,22H,15H2,1H3,(H,26,29). The Kier molecular flexibility index (Phi) is 5.66. The largest absolute Gasteiger partial charge is 0.418 e. The molecule has 0 saturated carbocycles. The van der Waals surface area contributed by atoms with Gasteiger partial charge in [-0.15, -0.1) is 10.2 Å². The molecule has 1 N–H and O–H groups in total. The van der Waals surface area contributed by atoms with Crippen molar-refractivity contribution in [3.05, 3.63) is 107 Å². The molecule has 0 bridgehead atoms. The molecule has 0 radical (unpaired) electrons. The Bertz CT molecular complexity index is 1140. The van der Waals surface area contributed by atoms with Crippen LogP contribution in [0.15, 0.2) is 83.3 Å². The molecule has 0 aliphatic carbocycles. The van der Waals surface area contributed by atoms with E-state index in [2.05, 4.69) is 15.5 Å². The SMILES string of the molecule is Cc1ccccc1CC(=O)NC(c1ccc(F)cc1)c1nnc(-c2ccccc2)o1. The van der Waals surface area contributed by atoms with Gasteiger partial charge in [0.1, 0.15) is 11.9 Å². The Morgan fingerprint density at radius 3 is 2.40 bits per heavy atom. The Morgan fingerprint density at radius 2 is 1.67 bits per heavy atom. The molecule has 1 heterocycles. The molecular weight excluding hydrogens is 381 g/mol. The molecule has 0 aliphatic rings. The van der Waals surface area contributed by atoms with Gasteiger partial charge in [0, 0.05) is 5.56 Å². The molecule has 30 heavy (non-hydrogen) atoms. The van der Waals surface area contributed by atoms with Crippen molar-refractivity contribution in [1.29, 1.82) is 0 Å². The third-order valence-corrected chi connectivity index (χ3v) is 4.83. The highest BCUT2D eigenvalue weighted by Crippen LogP contribution is 2.25. The maximum atomic E-state index is 13.4. The van der Waals surface area contributed by atoms with Crippen molar-refractivity contribution in [3.63, 3.8) is 0 Å². The van der Waals surface area contributed by atoms with Gasteiger partial charge >= 0.3 is 0 Å². The number of halogens is 1. The highest BCUT2D eigenvalue weighted by atomic mass is 19.1. The van der Waals surface area contributed by atoms with Crippen LogP contribution in [0, 0.1) is 12.7 Å². The summed E-state index contributed by atoms with van der Waals surface area (Å²) in [7, 11) is 0. The fourth-order valence-corrected chi connectivity index (χ4v) is 3.18. The first-order valence-electron chi connectivity index (χ1n) is 9.58. The second-order valence-electron chi connectivity index (χ2n) is 6.97. The van der Waals surface area contributed by atoms with Gasteiger partial charge in [0.25, 0.3) is 0 Å². The summed E-state index contributed by atoms with van der Waals surface area (Å²) >= 11 is 0. The molecular formula is C24H20FN3O2. The molecule has 4 aromatic rings. The Morgan fingerprint density at radius 1 is 0.967 bits per heavy atom. The van der Waals surface area contributed by atoms with Crippen molar-refractivity contribution >= 4 is 5.91 Å². The lowest BCUT2D eigenvalue weighted by molar-refractivity contribution is -0.121. The van der Waals surface area contributed by atoms with E-state index in [-0.39, 0.29) is 24.0 Å². The highest BCUT2D eigenvalue weighted by Gasteiger charge is 2.24. The van der Waals surface area contributed by atoms with Crippen LogP contribution in [-0.4, -0.2) is 16.1 Å². The van der Waals surface area contributed by atoms with Crippen LogP contribution < -0.4 is 5.32 Å². The second-order valence-corrected chi connectivity index (χ2v) is 6.97. The van der Waals surface area contributed by atoms with Crippen molar-refractivity contribution < 1.29 is 13.6 Å². The Balaban J connectivity index is 1.62. The van der Waals surface area contributed by atoms with Crippen LogP contribution in [0.1, 0.15) is 28.6 Å². The summed E-state index contributed by atoms with van der Waals surface area (Å²) in [6.45, 7) is 1.96. The third-order valence-electron chi connectivity index (χ3n) is 4.83. The minimum Gasteiger partial charge on any atom is -0.418 e. The maximum Gasteiger partial charge on any atom is 0.247 e. The number of amides is 1. The lowest BCUT2D eigenvalue weighted by atomic mass is 10.0. The van der Waals surface area contributed by atoms with E-state index in [9.17, 15) is 9.18 Å². The van der Waals surface area contributed by atoms with Crippen molar-refractivity contribution in [2.24, 2.45) is 0 Å². The molecule has 1 atom stereocenters. The molecule has 0 aliphatic heterocycles. The summed E-state index contributed by atoms with van der Waals surface area (Å²) in [4.78, 5) is 12.8. The van der Waals surface area contributed by atoms with Crippen LogP contribution in [0.3, 0.4) is 0 Å². The average molecular weight is 401 g/mol. The lowest BCUT2D eigenvalue weighted by Crippen LogP contribution is -2.31. The van der Waals surface area contributed by atoms with E-state index in [4.69, 9.17) is 4.42 Å². The van der Waals surface area contributed by atoms with Crippen LogP contribution in [0.5, 0.6) is 0 Å². The van der Waals surface area contributed by atoms with Crippen LogP contribution in [0.2, 0.25) is 0 Å². The van der Waals surface area contributed by atoms with Gasteiger partial charge in [-0.3, -0.25) is 4.79 Å². The first kappa shape index (κ1) is 19.5. The fraction of sp³-hybridized carbons (Fsp3) is 0.125. The maximum absolute atomic E-state index is 13.4. The summed E-state index contributed by atoms with van der Waals surface area (Å²) < 4.78 is 19.3. The van der Waals surface area contributed by atoms with Crippen LogP contribution in [0.4, 0.5) is 4.39 Å². The minimum atomic E-state index is -0.688. The van der Waals surface area contributed by atoms with E-state index in [1.807, 2.05) is 61.5 Å². The predicted molar refractivity (Wildman–Crippen MR) is 111 cm³/mol. The summed E-state index contributed by atoms with van der Waals surface area (Å²) in [5, 5.41) is 11.2.